The van der Waals surface area contributed by atoms with E-state index in [1.165, 1.54) is 51.4 Å². The molecule has 5 rings (SSSR count). The first-order valence-electron chi connectivity index (χ1n) is 25.4. The zero-order valence-electron chi connectivity index (χ0n) is 40.7. The minimum absolute atomic E-state index is 0.00645. The lowest BCUT2D eigenvalue weighted by Gasteiger charge is -2.71. The van der Waals surface area contributed by atoms with E-state index in [0.717, 1.165) is 83.5 Å². The molecule has 0 aliphatic heterocycles. The fourth-order valence-electron chi connectivity index (χ4n) is 14.4. The van der Waals surface area contributed by atoms with Crippen LogP contribution in [0, 0.1) is 56.2 Å². The number of nitrogens with one attached hydrogen (secondary N) is 2. The highest BCUT2D eigenvalue weighted by Crippen LogP contribution is 2.76. The fraction of sp³-hybridized carbons (Fsp3) is 0.887. The largest absolute Gasteiger partial charge is 0.480 e. The molecule has 5 aliphatic rings. The van der Waals surface area contributed by atoms with Crippen LogP contribution in [-0.4, -0.2) is 47.6 Å². The number of carboxylic acids is 1. The van der Waals surface area contributed by atoms with E-state index in [0.29, 0.717) is 37.6 Å². The van der Waals surface area contributed by atoms with E-state index >= 15 is 0 Å². The molecule has 0 aromatic heterocycles. The summed E-state index contributed by atoms with van der Waals surface area (Å²) in [5, 5.41) is 15.5. The number of hydrogen-bond donors (Lipinski definition) is 3. The highest BCUT2D eigenvalue weighted by atomic mass is 16.5. The molecule has 348 valence electrons. The van der Waals surface area contributed by atoms with Crippen LogP contribution < -0.4 is 10.6 Å². The Labute approximate surface area is 372 Å². The second kappa shape index (κ2) is 20.2. The first-order chi connectivity index (χ1) is 28.7. The summed E-state index contributed by atoms with van der Waals surface area (Å²) < 4.78 is 6.41. The number of aliphatic carboxylic acids is 1. The lowest BCUT2D eigenvalue weighted by Crippen LogP contribution is -2.65. The molecule has 9 atom stereocenters. The molecule has 8 heteroatoms. The van der Waals surface area contributed by atoms with Crippen LogP contribution in [0.3, 0.4) is 0 Å². The predicted octanol–water partition coefficient (Wildman–Crippen LogP) is 12.5. The Morgan fingerprint density at radius 2 is 1.38 bits per heavy atom. The number of fused-ring (bicyclic) bond motifs is 7. The molecule has 0 aromatic rings. The normalized spacial score (nSPS) is 34.1. The van der Waals surface area contributed by atoms with Gasteiger partial charge in [0, 0.05) is 24.8 Å². The van der Waals surface area contributed by atoms with Crippen molar-refractivity contribution in [2.24, 2.45) is 56.2 Å². The monoisotopic (exact) mass is 851 g/mol. The summed E-state index contributed by atoms with van der Waals surface area (Å²) in [6.07, 6.45) is 27.4. The van der Waals surface area contributed by atoms with Crippen molar-refractivity contribution in [3.8, 4) is 0 Å². The molecule has 61 heavy (non-hydrogen) atoms. The standard InChI is InChI=1S/C53H90N2O6/c1-11-12-13-14-15-16-17-18-21-24-44(57)61-42-28-29-50(8)40(49(42,6)7)27-30-52(10)41(50)26-25-38-39-36-48(4,5)31-33-53(39,34-32-51(38,52)9)47(60)54-35-22-19-20-23-43(56)55-45(37(2)3)46(58)59/h25,37,39-42,45H,11-24,26-36H2,1-10H3,(H,54,60)(H,55,56)(H,58,59)/t39-,40-,41+,42-,45-,50-,51+,52+,53-/m0/s1. The third kappa shape index (κ3) is 10.4. The highest BCUT2D eigenvalue weighted by Gasteiger charge is 2.69. The number of unbranched alkanes of at least 4 members (excludes halogenated alkanes) is 10. The van der Waals surface area contributed by atoms with Gasteiger partial charge in [0.05, 0.1) is 5.41 Å². The van der Waals surface area contributed by atoms with Crippen molar-refractivity contribution in [2.75, 3.05) is 6.54 Å². The summed E-state index contributed by atoms with van der Waals surface area (Å²) in [7, 11) is 0. The van der Waals surface area contributed by atoms with Gasteiger partial charge in [0.2, 0.25) is 11.8 Å². The summed E-state index contributed by atoms with van der Waals surface area (Å²) in [6.45, 7) is 23.9. The molecule has 0 radical (unpaired) electrons. The maximum absolute atomic E-state index is 14.6. The molecule has 0 heterocycles. The number of carbonyl (C=O) groups is 4. The molecule has 8 nitrogen and oxygen atoms in total. The molecule has 5 aliphatic carbocycles. The summed E-state index contributed by atoms with van der Waals surface area (Å²) in [5.74, 6) is 0.113. The molecular formula is C53H90N2O6. The van der Waals surface area contributed by atoms with Crippen molar-refractivity contribution in [3.05, 3.63) is 11.6 Å². The second-order valence-corrected chi connectivity index (χ2v) is 23.5. The third-order valence-corrected chi connectivity index (χ3v) is 18.4. The summed E-state index contributed by atoms with van der Waals surface area (Å²) >= 11 is 0. The lowest BCUT2D eigenvalue weighted by atomic mass is 9.33. The van der Waals surface area contributed by atoms with E-state index in [1.807, 2.05) is 0 Å². The third-order valence-electron chi connectivity index (χ3n) is 18.4. The summed E-state index contributed by atoms with van der Waals surface area (Å²) in [5.41, 5.74) is 1.62. The number of amides is 2. The van der Waals surface area contributed by atoms with Gasteiger partial charge in [0.25, 0.3) is 0 Å². The van der Waals surface area contributed by atoms with Gasteiger partial charge >= 0.3 is 11.9 Å². The Kier molecular flexibility index (Phi) is 16.4. The van der Waals surface area contributed by atoms with Crippen LogP contribution >= 0.6 is 0 Å². The van der Waals surface area contributed by atoms with Crippen LogP contribution in [0.5, 0.6) is 0 Å². The van der Waals surface area contributed by atoms with Crippen LogP contribution in [0.1, 0.15) is 223 Å². The van der Waals surface area contributed by atoms with E-state index in [1.54, 1.807) is 19.4 Å². The van der Waals surface area contributed by atoms with E-state index in [4.69, 9.17) is 4.74 Å². The van der Waals surface area contributed by atoms with Gasteiger partial charge < -0.3 is 20.5 Å². The molecular weight excluding hydrogens is 761 g/mol. The maximum Gasteiger partial charge on any atom is 0.326 e. The molecule has 0 bridgehead atoms. The minimum atomic E-state index is -1.00. The van der Waals surface area contributed by atoms with E-state index in [-0.39, 0.29) is 68.2 Å². The first-order valence-corrected chi connectivity index (χ1v) is 25.4. The predicted molar refractivity (Wildman–Crippen MR) is 247 cm³/mol. The van der Waals surface area contributed by atoms with Gasteiger partial charge in [-0.05, 0) is 129 Å². The minimum Gasteiger partial charge on any atom is -0.480 e. The number of carboxylic acid groups (broad SMARTS) is 1. The number of esters is 1. The van der Waals surface area contributed by atoms with E-state index in [9.17, 15) is 24.3 Å². The fourth-order valence-corrected chi connectivity index (χ4v) is 14.4. The Bertz CT molecular complexity index is 1570. The smallest absolute Gasteiger partial charge is 0.326 e. The van der Waals surface area contributed by atoms with Gasteiger partial charge in [-0.1, -0.05) is 139 Å². The number of hydrogen-bond acceptors (Lipinski definition) is 5. The van der Waals surface area contributed by atoms with E-state index in [2.05, 4.69) is 72.1 Å². The van der Waals surface area contributed by atoms with Crippen molar-refractivity contribution in [1.82, 2.24) is 10.6 Å². The number of ether oxygens (including phenoxy) is 1. The zero-order valence-corrected chi connectivity index (χ0v) is 40.7. The van der Waals surface area contributed by atoms with Crippen molar-refractivity contribution in [2.45, 2.75) is 235 Å². The summed E-state index contributed by atoms with van der Waals surface area (Å²) in [6, 6.07) is -0.869. The lowest BCUT2D eigenvalue weighted by molar-refractivity contribution is -0.213. The number of allylic oxidation sites excluding steroid dienone is 2. The second-order valence-electron chi connectivity index (χ2n) is 23.5. The van der Waals surface area contributed by atoms with Crippen LogP contribution in [-0.2, 0) is 23.9 Å². The van der Waals surface area contributed by atoms with Crippen LogP contribution in [0.4, 0.5) is 0 Å². The van der Waals surface area contributed by atoms with Gasteiger partial charge in [-0.15, -0.1) is 0 Å². The van der Waals surface area contributed by atoms with Crippen molar-refractivity contribution in [1.29, 1.82) is 0 Å². The topological polar surface area (TPSA) is 122 Å². The molecule has 0 unspecified atom stereocenters. The average molecular weight is 851 g/mol. The van der Waals surface area contributed by atoms with Gasteiger partial charge in [-0.2, -0.15) is 0 Å². The molecule has 3 N–H and O–H groups in total. The van der Waals surface area contributed by atoms with Crippen molar-refractivity contribution >= 4 is 23.8 Å². The maximum atomic E-state index is 14.6. The average Bonchev–Trinajstić information content (AvgIpc) is 3.18. The SMILES string of the molecule is CCCCCCCCCCCC(=O)O[C@H]1CC[C@]2(C)[C@H]3CC=C4[C@@H]5CC(C)(C)CC[C@]5(C(=O)NCCCCCC(=O)N[C@H](C(=O)O)C(C)C)CC[C@@]4(C)[C@]3(C)CC[C@H]2C1(C)C. The Hall–Kier alpha value is -2.38. The van der Waals surface area contributed by atoms with Gasteiger partial charge in [0.15, 0.2) is 0 Å². The quantitative estimate of drug-likeness (QED) is 0.0601. The zero-order chi connectivity index (χ0) is 44.9. The first kappa shape index (κ1) is 49.6. The van der Waals surface area contributed by atoms with Crippen molar-refractivity contribution < 1.29 is 29.0 Å². The Balaban J connectivity index is 1.21. The molecule has 4 fully saturated rings. The molecule has 0 saturated heterocycles. The van der Waals surface area contributed by atoms with Crippen molar-refractivity contribution in [3.63, 3.8) is 0 Å². The van der Waals surface area contributed by atoms with Gasteiger partial charge in [0.1, 0.15) is 12.1 Å². The van der Waals surface area contributed by atoms with Gasteiger partial charge in [-0.3, -0.25) is 14.4 Å². The molecule has 4 saturated carbocycles. The molecule has 2 amide bonds. The van der Waals surface area contributed by atoms with E-state index < -0.39 is 12.0 Å². The summed E-state index contributed by atoms with van der Waals surface area (Å²) in [4.78, 5) is 51.8. The highest BCUT2D eigenvalue weighted by molar-refractivity contribution is 5.84. The van der Waals surface area contributed by atoms with Crippen LogP contribution in [0.2, 0.25) is 0 Å². The Morgan fingerprint density at radius 3 is 2.03 bits per heavy atom. The van der Waals surface area contributed by atoms with Crippen LogP contribution in [0.15, 0.2) is 11.6 Å². The van der Waals surface area contributed by atoms with Gasteiger partial charge in [-0.25, -0.2) is 4.79 Å². The Morgan fingerprint density at radius 1 is 0.754 bits per heavy atom. The van der Waals surface area contributed by atoms with Crippen LogP contribution in [0.25, 0.3) is 0 Å². The number of rotatable bonds is 21. The molecule has 0 aromatic carbocycles. The molecule has 0 spiro atoms. The number of carbonyl (C=O) groups excluding carboxylic acids is 3.